The van der Waals surface area contributed by atoms with Crippen molar-refractivity contribution in [1.82, 2.24) is 10.2 Å². The zero-order chi connectivity index (χ0) is 15.8. The molecule has 0 amide bonds. The number of aryl methyl sites for hydroxylation is 1. The maximum absolute atomic E-state index is 12.2. The summed E-state index contributed by atoms with van der Waals surface area (Å²) in [6.07, 6.45) is 3.38. The molecule has 0 aliphatic carbocycles. The normalized spacial score (nSPS) is 10.8. The van der Waals surface area contributed by atoms with Crippen LogP contribution in [0.1, 0.15) is 42.6 Å². The van der Waals surface area contributed by atoms with Crippen LogP contribution in [0.4, 0.5) is 0 Å². The number of nitrogens with zero attached hydrogens (tertiary/aromatic N) is 2. The van der Waals surface area contributed by atoms with E-state index in [4.69, 9.17) is 0 Å². The van der Waals surface area contributed by atoms with Crippen LogP contribution < -0.4 is 0 Å². The van der Waals surface area contributed by atoms with Crippen LogP contribution >= 0.6 is 34.9 Å². The lowest BCUT2D eigenvalue weighted by Crippen LogP contribution is -2.02. The minimum absolute atomic E-state index is 0.142. The smallest absolute Gasteiger partial charge is 0.175 e. The molecule has 0 saturated heterocycles. The first-order valence-corrected chi connectivity index (χ1v) is 10.2. The van der Waals surface area contributed by atoms with Gasteiger partial charge in [0, 0.05) is 11.3 Å². The predicted octanol–water partition coefficient (Wildman–Crippen LogP) is 4.97. The van der Waals surface area contributed by atoms with Crippen LogP contribution in [0.5, 0.6) is 0 Å². The highest BCUT2D eigenvalue weighted by Crippen LogP contribution is 2.29. The monoisotopic (exact) mass is 352 g/mol. The van der Waals surface area contributed by atoms with Gasteiger partial charge in [0.2, 0.25) is 0 Å². The van der Waals surface area contributed by atoms with E-state index >= 15 is 0 Å². The molecule has 0 atom stereocenters. The molecule has 118 valence electrons. The Kier molecular flexibility index (Phi) is 7.42. The number of Topliss-reactive ketones (excluding diaryl/α,β-unsaturated/α-hetero) is 1. The molecule has 0 bridgehead atoms. The Morgan fingerprint density at radius 2 is 1.77 bits per heavy atom. The van der Waals surface area contributed by atoms with Crippen LogP contribution in [0.3, 0.4) is 0 Å². The van der Waals surface area contributed by atoms with E-state index in [1.807, 2.05) is 24.3 Å². The van der Waals surface area contributed by atoms with Gasteiger partial charge in [0.25, 0.3) is 0 Å². The number of rotatable bonds is 9. The molecule has 0 spiro atoms. The van der Waals surface area contributed by atoms with Crippen molar-refractivity contribution in [3.8, 4) is 0 Å². The molecule has 0 aliphatic heterocycles. The highest BCUT2D eigenvalue weighted by atomic mass is 32.2. The summed E-state index contributed by atoms with van der Waals surface area (Å²) in [5.41, 5.74) is 2.02. The van der Waals surface area contributed by atoms with Gasteiger partial charge in [0.1, 0.15) is 0 Å². The summed E-state index contributed by atoms with van der Waals surface area (Å²) in [6, 6.07) is 7.86. The van der Waals surface area contributed by atoms with Crippen LogP contribution in [0, 0.1) is 0 Å². The van der Waals surface area contributed by atoms with Gasteiger partial charge in [0.05, 0.1) is 5.75 Å². The summed E-state index contributed by atoms with van der Waals surface area (Å²) in [4.78, 5) is 12.2. The lowest BCUT2D eigenvalue weighted by atomic mass is 10.1. The molecule has 22 heavy (non-hydrogen) atoms. The van der Waals surface area contributed by atoms with Gasteiger partial charge in [0.15, 0.2) is 14.5 Å². The van der Waals surface area contributed by atoms with Crippen molar-refractivity contribution in [1.29, 1.82) is 0 Å². The van der Waals surface area contributed by atoms with Gasteiger partial charge in [-0.2, -0.15) is 0 Å². The first-order chi connectivity index (χ1) is 10.7. The fourth-order valence-electron chi connectivity index (χ4n) is 1.75. The molecule has 0 radical (unpaired) electrons. The van der Waals surface area contributed by atoms with E-state index in [0.29, 0.717) is 5.75 Å². The summed E-state index contributed by atoms with van der Waals surface area (Å²) < 4.78 is 1.87. The van der Waals surface area contributed by atoms with Crippen LogP contribution in [0.25, 0.3) is 0 Å². The number of ketones is 1. The van der Waals surface area contributed by atoms with Gasteiger partial charge in [-0.25, -0.2) is 0 Å². The largest absolute Gasteiger partial charge is 0.293 e. The number of unbranched alkanes of at least 4 members (excludes halogenated alkanes) is 1. The Hall–Kier alpha value is -0.850. The Bertz CT molecular complexity index is 596. The minimum Gasteiger partial charge on any atom is -0.293 e. The van der Waals surface area contributed by atoms with Gasteiger partial charge >= 0.3 is 0 Å². The van der Waals surface area contributed by atoms with Crippen LogP contribution in [0.2, 0.25) is 0 Å². The quantitative estimate of drug-likeness (QED) is 0.362. The summed E-state index contributed by atoms with van der Waals surface area (Å²) in [6.45, 7) is 4.29. The van der Waals surface area contributed by atoms with E-state index in [0.717, 1.165) is 26.4 Å². The van der Waals surface area contributed by atoms with E-state index in [1.165, 1.54) is 30.2 Å². The SMILES string of the molecule is CCCCSc1nnc(SCC(=O)c2ccc(CC)cc2)s1. The topological polar surface area (TPSA) is 42.9 Å². The Morgan fingerprint density at radius 1 is 1.09 bits per heavy atom. The molecule has 0 aliphatic rings. The molecular formula is C16H20N2OS3. The molecule has 0 fully saturated rings. The van der Waals surface area contributed by atoms with Gasteiger partial charge in [-0.15, -0.1) is 10.2 Å². The van der Waals surface area contributed by atoms with Gasteiger partial charge in [-0.3, -0.25) is 4.79 Å². The number of benzene rings is 1. The Labute approximate surface area is 144 Å². The lowest BCUT2D eigenvalue weighted by Gasteiger charge is -2.01. The molecule has 2 rings (SSSR count). The molecule has 2 aromatic rings. The van der Waals surface area contributed by atoms with E-state index in [-0.39, 0.29) is 5.78 Å². The summed E-state index contributed by atoms with van der Waals surface area (Å²) in [5, 5.41) is 8.31. The lowest BCUT2D eigenvalue weighted by molar-refractivity contribution is 0.102. The molecule has 3 nitrogen and oxygen atoms in total. The summed E-state index contributed by atoms with van der Waals surface area (Å²) in [7, 11) is 0. The van der Waals surface area contributed by atoms with E-state index < -0.39 is 0 Å². The van der Waals surface area contributed by atoms with Crippen molar-refractivity contribution in [3.05, 3.63) is 35.4 Å². The number of hydrogen-bond donors (Lipinski definition) is 0. The average molecular weight is 353 g/mol. The molecule has 1 aromatic carbocycles. The molecule has 6 heteroatoms. The zero-order valence-electron chi connectivity index (χ0n) is 12.9. The zero-order valence-corrected chi connectivity index (χ0v) is 15.3. The van der Waals surface area contributed by atoms with Crippen molar-refractivity contribution in [2.24, 2.45) is 0 Å². The van der Waals surface area contributed by atoms with E-state index in [1.54, 1.807) is 23.1 Å². The van der Waals surface area contributed by atoms with Gasteiger partial charge < -0.3 is 0 Å². The number of carbonyl (C=O) groups is 1. The number of hydrogen-bond acceptors (Lipinski definition) is 6. The number of thioether (sulfide) groups is 2. The first-order valence-electron chi connectivity index (χ1n) is 7.44. The summed E-state index contributed by atoms with van der Waals surface area (Å²) >= 11 is 4.80. The molecule has 0 N–H and O–H groups in total. The van der Waals surface area contributed by atoms with Crippen molar-refractivity contribution in [2.75, 3.05) is 11.5 Å². The van der Waals surface area contributed by atoms with Crippen LogP contribution in [0.15, 0.2) is 32.9 Å². The number of carbonyl (C=O) groups excluding carboxylic acids is 1. The van der Waals surface area contributed by atoms with Crippen LogP contribution in [-0.4, -0.2) is 27.5 Å². The summed E-state index contributed by atoms with van der Waals surface area (Å²) in [5.74, 6) is 1.64. The third-order valence-electron chi connectivity index (χ3n) is 3.12. The van der Waals surface area contributed by atoms with Crippen LogP contribution in [-0.2, 0) is 6.42 Å². The fraction of sp³-hybridized carbons (Fsp3) is 0.438. The van der Waals surface area contributed by atoms with Crippen molar-refractivity contribution in [2.45, 2.75) is 41.8 Å². The second kappa shape index (κ2) is 9.33. The standard InChI is InChI=1S/C16H20N2OS3/c1-3-5-10-20-15-17-18-16(22-15)21-11-14(19)13-8-6-12(4-2)7-9-13/h6-9H,3-5,10-11H2,1-2H3. The maximum atomic E-state index is 12.2. The van der Waals surface area contributed by atoms with Crippen molar-refractivity contribution >= 4 is 40.6 Å². The van der Waals surface area contributed by atoms with Gasteiger partial charge in [-0.1, -0.05) is 79.4 Å². The Balaban J connectivity index is 1.82. The fourth-order valence-corrected chi connectivity index (χ4v) is 4.82. The first kappa shape index (κ1) is 17.5. The second-order valence-electron chi connectivity index (χ2n) is 4.80. The van der Waals surface area contributed by atoms with E-state index in [2.05, 4.69) is 24.0 Å². The molecule has 0 unspecified atom stereocenters. The third kappa shape index (κ3) is 5.41. The van der Waals surface area contributed by atoms with Crippen molar-refractivity contribution < 1.29 is 4.79 Å². The maximum Gasteiger partial charge on any atom is 0.175 e. The third-order valence-corrected chi connectivity index (χ3v) is 6.40. The molecule has 1 heterocycles. The highest BCUT2D eigenvalue weighted by Gasteiger charge is 2.10. The molecular weight excluding hydrogens is 332 g/mol. The van der Waals surface area contributed by atoms with Crippen molar-refractivity contribution in [3.63, 3.8) is 0 Å². The van der Waals surface area contributed by atoms with E-state index in [9.17, 15) is 4.79 Å². The molecule has 1 aromatic heterocycles. The minimum atomic E-state index is 0.142. The second-order valence-corrected chi connectivity index (χ2v) is 8.34. The Morgan fingerprint density at radius 3 is 2.41 bits per heavy atom. The highest BCUT2D eigenvalue weighted by molar-refractivity contribution is 8.03. The molecule has 0 saturated carbocycles. The van der Waals surface area contributed by atoms with Gasteiger partial charge in [-0.05, 0) is 18.4 Å². The number of aromatic nitrogens is 2. The predicted molar refractivity (Wildman–Crippen MR) is 96.4 cm³/mol. The average Bonchev–Trinajstić information content (AvgIpc) is 3.01.